The third-order valence-electron chi connectivity index (χ3n) is 3.54. The van der Waals surface area contributed by atoms with Gasteiger partial charge in [-0.25, -0.2) is 4.68 Å². The van der Waals surface area contributed by atoms with Crippen molar-refractivity contribution in [3.63, 3.8) is 0 Å². The van der Waals surface area contributed by atoms with E-state index < -0.39 is 0 Å². The van der Waals surface area contributed by atoms with Crippen molar-refractivity contribution in [2.45, 2.75) is 25.2 Å². The Morgan fingerprint density at radius 2 is 1.94 bits per heavy atom. The first kappa shape index (κ1) is 10.5. The molecule has 0 unspecified atom stereocenters. The van der Waals surface area contributed by atoms with Crippen LogP contribution in [0.1, 0.15) is 24.1 Å². The second-order valence-corrected chi connectivity index (χ2v) is 4.90. The normalized spacial score (nSPS) is 17.1. The minimum absolute atomic E-state index is 0.268. The van der Waals surface area contributed by atoms with E-state index in [1.54, 1.807) is 0 Å². The molecule has 0 N–H and O–H groups in total. The second-order valence-electron chi connectivity index (χ2n) is 4.90. The first-order valence-corrected chi connectivity index (χ1v) is 5.93. The molecule has 1 aliphatic rings. The molecule has 88 valence electrons. The number of hydrogen-bond donors (Lipinski definition) is 0. The van der Waals surface area contributed by atoms with Crippen LogP contribution in [0.25, 0.3) is 5.69 Å². The molecule has 0 atom stereocenters. The highest BCUT2D eigenvalue weighted by atomic mass is 19.1. The van der Waals surface area contributed by atoms with Gasteiger partial charge in [-0.2, -0.15) is 5.10 Å². The second kappa shape index (κ2) is 3.69. The van der Waals surface area contributed by atoms with Crippen molar-refractivity contribution in [2.75, 3.05) is 6.67 Å². The fourth-order valence-electron chi connectivity index (χ4n) is 2.06. The number of aromatic nitrogens is 2. The van der Waals surface area contributed by atoms with Gasteiger partial charge in [0.1, 0.15) is 6.67 Å². The average Bonchev–Trinajstić information content (AvgIpc) is 3.00. The first-order chi connectivity index (χ1) is 8.23. The lowest BCUT2D eigenvalue weighted by Gasteiger charge is -2.06. The Balaban J connectivity index is 1.92. The number of halogens is 1. The zero-order valence-electron chi connectivity index (χ0n) is 9.86. The number of aryl methyl sites for hydroxylation is 1. The Labute approximate surface area is 100 Å². The third-order valence-corrected chi connectivity index (χ3v) is 3.54. The minimum Gasteiger partial charge on any atom is -0.250 e. The van der Waals surface area contributed by atoms with Gasteiger partial charge in [-0.3, -0.25) is 4.39 Å². The maximum atomic E-state index is 12.9. The molecule has 0 amide bonds. The van der Waals surface area contributed by atoms with E-state index in [1.165, 1.54) is 5.56 Å². The largest absolute Gasteiger partial charge is 0.250 e. The Morgan fingerprint density at radius 3 is 2.53 bits per heavy atom. The number of alkyl halides is 1. The predicted molar refractivity (Wildman–Crippen MR) is 65.2 cm³/mol. The summed E-state index contributed by atoms with van der Waals surface area (Å²) in [5, 5.41) is 4.49. The molecule has 3 rings (SSSR count). The maximum absolute atomic E-state index is 12.9. The van der Waals surface area contributed by atoms with Crippen molar-refractivity contribution in [3.05, 3.63) is 47.8 Å². The Morgan fingerprint density at radius 1 is 1.24 bits per heavy atom. The van der Waals surface area contributed by atoms with Crippen molar-refractivity contribution < 1.29 is 4.39 Å². The van der Waals surface area contributed by atoms with Gasteiger partial charge < -0.3 is 0 Å². The molecule has 0 saturated heterocycles. The smallest absolute Gasteiger partial charge is 0.101 e. The molecule has 1 aromatic carbocycles. The molecule has 1 saturated carbocycles. The zero-order valence-corrected chi connectivity index (χ0v) is 9.86. The van der Waals surface area contributed by atoms with Crippen LogP contribution in [0.15, 0.2) is 36.5 Å². The molecular formula is C14H15FN2. The lowest BCUT2D eigenvalue weighted by atomic mass is 10.1. The monoisotopic (exact) mass is 230 g/mol. The van der Waals surface area contributed by atoms with Crippen LogP contribution in [0.5, 0.6) is 0 Å². The summed E-state index contributed by atoms with van der Waals surface area (Å²) in [5.74, 6) is 0. The van der Waals surface area contributed by atoms with Crippen LogP contribution < -0.4 is 0 Å². The quantitative estimate of drug-likeness (QED) is 0.791. The van der Waals surface area contributed by atoms with Crippen LogP contribution >= 0.6 is 0 Å². The molecule has 2 aromatic rings. The van der Waals surface area contributed by atoms with E-state index in [-0.39, 0.29) is 12.1 Å². The summed E-state index contributed by atoms with van der Waals surface area (Å²) in [6, 6.07) is 10.1. The molecule has 1 aliphatic carbocycles. The van der Waals surface area contributed by atoms with Gasteiger partial charge in [0.15, 0.2) is 0 Å². The van der Waals surface area contributed by atoms with Crippen LogP contribution in [-0.2, 0) is 5.41 Å². The summed E-state index contributed by atoms with van der Waals surface area (Å²) in [7, 11) is 0. The number of hydrogen-bond acceptors (Lipinski definition) is 1. The highest BCUT2D eigenvalue weighted by Crippen LogP contribution is 2.47. The Bertz CT molecular complexity index is 523. The third kappa shape index (κ3) is 1.75. The van der Waals surface area contributed by atoms with Crippen molar-refractivity contribution in [3.8, 4) is 5.69 Å². The molecule has 3 heteroatoms. The molecule has 0 spiro atoms. The minimum atomic E-state index is -0.294. The number of benzene rings is 1. The summed E-state index contributed by atoms with van der Waals surface area (Å²) >= 11 is 0. The zero-order chi connectivity index (χ0) is 11.9. The molecule has 1 fully saturated rings. The summed E-state index contributed by atoms with van der Waals surface area (Å²) in [6.07, 6.45) is 3.76. The van der Waals surface area contributed by atoms with Gasteiger partial charge in [0.05, 0.1) is 11.4 Å². The summed E-state index contributed by atoms with van der Waals surface area (Å²) in [5.41, 5.74) is 2.87. The summed E-state index contributed by atoms with van der Waals surface area (Å²) in [6.45, 7) is 1.76. The average molecular weight is 230 g/mol. The Kier molecular flexibility index (Phi) is 2.28. The van der Waals surface area contributed by atoms with Gasteiger partial charge >= 0.3 is 0 Å². The molecular weight excluding hydrogens is 215 g/mol. The molecule has 1 aromatic heterocycles. The molecule has 0 aliphatic heterocycles. The summed E-state index contributed by atoms with van der Waals surface area (Å²) < 4.78 is 14.8. The molecule has 17 heavy (non-hydrogen) atoms. The summed E-state index contributed by atoms with van der Waals surface area (Å²) in [4.78, 5) is 0. The van der Waals surface area contributed by atoms with Gasteiger partial charge in [0.2, 0.25) is 0 Å². The van der Waals surface area contributed by atoms with Gasteiger partial charge in [0.25, 0.3) is 0 Å². The van der Waals surface area contributed by atoms with E-state index in [1.807, 2.05) is 29.1 Å². The number of rotatable bonds is 3. The van der Waals surface area contributed by atoms with Crippen molar-refractivity contribution in [2.24, 2.45) is 0 Å². The van der Waals surface area contributed by atoms with Gasteiger partial charge in [-0.1, -0.05) is 17.7 Å². The van der Waals surface area contributed by atoms with Crippen LogP contribution in [0.2, 0.25) is 0 Å². The molecule has 0 radical (unpaired) electrons. The SMILES string of the molecule is Cc1ccc(-n2ccc(C3(CF)CC3)n2)cc1. The van der Waals surface area contributed by atoms with E-state index in [0.717, 1.165) is 24.2 Å². The lowest BCUT2D eigenvalue weighted by Crippen LogP contribution is -2.10. The standard InChI is InChI=1S/C14H15FN2/c1-11-2-4-12(5-3-11)17-9-6-13(16-17)14(10-15)7-8-14/h2-6,9H,7-8,10H2,1H3. The van der Waals surface area contributed by atoms with Gasteiger partial charge in [0, 0.05) is 11.6 Å². The predicted octanol–water partition coefficient (Wildman–Crippen LogP) is 3.18. The van der Waals surface area contributed by atoms with Crippen LogP contribution in [0.3, 0.4) is 0 Å². The van der Waals surface area contributed by atoms with E-state index in [4.69, 9.17) is 0 Å². The van der Waals surface area contributed by atoms with Crippen LogP contribution in [0.4, 0.5) is 4.39 Å². The fourth-order valence-corrected chi connectivity index (χ4v) is 2.06. The van der Waals surface area contributed by atoms with Gasteiger partial charge in [-0.15, -0.1) is 0 Å². The Hall–Kier alpha value is -1.64. The van der Waals surface area contributed by atoms with Crippen molar-refractivity contribution in [1.29, 1.82) is 0 Å². The van der Waals surface area contributed by atoms with Crippen LogP contribution in [0, 0.1) is 6.92 Å². The maximum Gasteiger partial charge on any atom is 0.101 e. The van der Waals surface area contributed by atoms with E-state index in [2.05, 4.69) is 24.2 Å². The highest BCUT2D eigenvalue weighted by molar-refractivity contribution is 5.35. The highest BCUT2D eigenvalue weighted by Gasteiger charge is 2.46. The van der Waals surface area contributed by atoms with Crippen molar-refractivity contribution >= 4 is 0 Å². The number of nitrogens with zero attached hydrogens (tertiary/aromatic N) is 2. The van der Waals surface area contributed by atoms with Gasteiger partial charge in [-0.05, 0) is 38.0 Å². The van der Waals surface area contributed by atoms with Crippen molar-refractivity contribution in [1.82, 2.24) is 9.78 Å². The van der Waals surface area contributed by atoms with E-state index in [0.29, 0.717) is 0 Å². The fraction of sp³-hybridized carbons (Fsp3) is 0.357. The van der Waals surface area contributed by atoms with E-state index >= 15 is 0 Å². The molecule has 1 heterocycles. The first-order valence-electron chi connectivity index (χ1n) is 5.93. The topological polar surface area (TPSA) is 17.8 Å². The molecule has 2 nitrogen and oxygen atoms in total. The lowest BCUT2D eigenvalue weighted by molar-refractivity contribution is 0.410. The van der Waals surface area contributed by atoms with E-state index in [9.17, 15) is 4.39 Å². The van der Waals surface area contributed by atoms with Crippen LogP contribution in [-0.4, -0.2) is 16.5 Å². The molecule has 0 bridgehead atoms.